The lowest BCUT2D eigenvalue weighted by atomic mass is 10.1. The minimum Gasteiger partial charge on any atom is -0.478 e. The molecule has 1 heterocycles. The molecule has 0 saturated heterocycles. The lowest BCUT2D eigenvalue weighted by Crippen LogP contribution is -2.25. The highest BCUT2D eigenvalue weighted by molar-refractivity contribution is 5.95. The van der Waals surface area contributed by atoms with Crippen LogP contribution in [0.15, 0.2) is 30.5 Å². The quantitative estimate of drug-likeness (QED) is 0.875. The van der Waals surface area contributed by atoms with Gasteiger partial charge in [0.1, 0.15) is 0 Å². The second-order valence-corrected chi connectivity index (χ2v) is 4.93. The van der Waals surface area contributed by atoms with Gasteiger partial charge in [0.05, 0.1) is 11.1 Å². The van der Waals surface area contributed by atoms with Gasteiger partial charge in [0.15, 0.2) is 5.69 Å². The summed E-state index contributed by atoms with van der Waals surface area (Å²) >= 11 is 0. The number of hydrogen-bond donors (Lipinski definition) is 2. The van der Waals surface area contributed by atoms with Crippen LogP contribution in [0.4, 0.5) is 13.2 Å². The Hall–Kier alpha value is -2.84. The number of nitrogens with zero attached hydrogens (tertiary/aromatic N) is 2. The van der Waals surface area contributed by atoms with E-state index < -0.39 is 29.3 Å². The molecule has 0 radical (unpaired) electrons. The molecule has 2 aromatic rings. The minimum atomic E-state index is -4.73. The number of alkyl halides is 3. The summed E-state index contributed by atoms with van der Waals surface area (Å²) in [7, 11) is 0. The van der Waals surface area contributed by atoms with Gasteiger partial charge < -0.3 is 10.4 Å². The summed E-state index contributed by atoms with van der Waals surface area (Å²) in [6.07, 6.45) is -3.68. The molecular formula is C15H14F3N3O3. The molecule has 0 aliphatic carbocycles. The van der Waals surface area contributed by atoms with Crippen LogP contribution < -0.4 is 5.32 Å². The van der Waals surface area contributed by atoms with E-state index in [2.05, 4.69) is 10.4 Å². The number of halogens is 3. The summed E-state index contributed by atoms with van der Waals surface area (Å²) in [6, 6.07) is 5.65. The fourth-order valence-electron chi connectivity index (χ4n) is 2.00. The molecule has 0 spiro atoms. The van der Waals surface area contributed by atoms with Crippen LogP contribution in [0.1, 0.15) is 38.9 Å². The SMILES string of the molecule is CCn1cc(C(=O)NCc2ccc(C(=O)O)cc2)c(C(F)(F)F)n1. The maximum atomic E-state index is 12.9. The van der Waals surface area contributed by atoms with E-state index >= 15 is 0 Å². The second-order valence-electron chi connectivity index (χ2n) is 4.93. The lowest BCUT2D eigenvalue weighted by Gasteiger charge is -2.07. The van der Waals surface area contributed by atoms with Crippen LogP contribution in [-0.4, -0.2) is 26.8 Å². The van der Waals surface area contributed by atoms with Gasteiger partial charge in [-0.1, -0.05) is 12.1 Å². The first-order chi connectivity index (χ1) is 11.2. The summed E-state index contributed by atoms with van der Waals surface area (Å²) in [4.78, 5) is 22.8. The van der Waals surface area contributed by atoms with E-state index in [1.54, 1.807) is 6.92 Å². The molecule has 0 atom stereocenters. The first-order valence-corrected chi connectivity index (χ1v) is 6.97. The third-order valence-electron chi connectivity index (χ3n) is 3.25. The van der Waals surface area contributed by atoms with E-state index in [0.717, 1.165) is 10.9 Å². The molecule has 2 rings (SSSR count). The van der Waals surface area contributed by atoms with Crippen molar-refractivity contribution in [1.29, 1.82) is 0 Å². The Kier molecular flexibility index (Phi) is 4.91. The summed E-state index contributed by atoms with van der Waals surface area (Å²) < 4.78 is 39.8. The zero-order chi connectivity index (χ0) is 17.9. The van der Waals surface area contributed by atoms with Crippen molar-refractivity contribution in [2.45, 2.75) is 26.2 Å². The zero-order valence-electron chi connectivity index (χ0n) is 12.6. The van der Waals surface area contributed by atoms with Gasteiger partial charge in [0, 0.05) is 19.3 Å². The number of aromatic carboxylic acids is 1. The topological polar surface area (TPSA) is 84.2 Å². The molecule has 24 heavy (non-hydrogen) atoms. The monoisotopic (exact) mass is 341 g/mol. The zero-order valence-corrected chi connectivity index (χ0v) is 12.6. The first kappa shape index (κ1) is 17.5. The second kappa shape index (κ2) is 6.73. The molecule has 0 aliphatic heterocycles. The van der Waals surface area contributed by atoms with Gasteiger partial charge in [-0.05, 0) is 24.6 Å². The van der Waals surface area contributed by atoms with Crippen LogP contribution in [0.2, 0.25) is 0 Å². The Morgan fingerprint density at radius 2 is 1.88 bits per heavy atom. The number of aryl methyl sites for hydroxylation is 1. The predicted octanol–water partition coefficient (Wildman–Crippen LogP) is 2.55. The van der Waals surface area contributed by atoms with Gasteiger partial charge in [0.2, 0.25) is 0 Å². The predicted molar refractivity (Wildman–Crippen MR) is 77.5 cm³/mol. The molecule has 0 unspecified atom stereocenters. The summed E-state index contributed by atoms with van der Waals surface area (Å²) in [5.41, 5.74) is -1.15. The van der Waals surface area contributed by atoms with Crippen molar-refractivity contribution in [2.24, 2.45) is 0 Å². The molecule has 0 aliphatic rings. The normalized spacial score (nSPS) is 11.3. The van der Waals surface area contributed by atoms with Gasteiger partial charge in [0.25, 0.3) is 5.91 Å². The van der Waals surface area contributed by atoms with Crippen molar-refractivity contribution < 1.29 is 27.9 Å². The molecule has 1 aromatic heterocycles. The molecule has 1 aromatic carbocycles. The van der Waals surface area contributed by atoms with Crippen molar-refractivity contribution >= 4 is 11.9 Å². The van der Waals surface area contributed by atoms with Gasteiger partial charge in [-0.15, -0.1) is 0 Å². The Morgan fingerprint density at radius 1 is 1.25 bits per heavy atom. The van der Waals surface area contributed by atoms with E-state index in [9.17, 15) is 22.8 Å². The average molecular weight is 341 g/mol. The van der Waals surface area contributed by atoms with Crippen LogP contribution in [0.5, 0.6) is 0 Å². The van der Waals surface area contributed by atoms with Gasteiger partial charge in [-0.3, -0.25) is 9.48 Å². The van der Waals surface area contributed by atoms with E-state index in [1.165, 1.54) is 24.3 Å². The van der Waals surface area contributed by atoms with Crippen molar-refractivity contribution in [2.75, 3.05) is 0 Å². The lowest BCUT2D eigenvalue weighted by molar-refractivity contribution is -0.141. The van der Waals surface area contributed by atoms with Crippen LogP contribution in [-0.2, 0) is 19.3 Å². The molecule has 0 fully saturated rings. The number of benzene rings is 1. The highest BCUT2D eigenvalue weighted by Gasteiger charge is 2.39. The van der Waals surface area contributed by atoms with Crippen LogP contribution >= 0.6 is 0 Å². The largest absolute Gasteiger partial charge is 0.478 e. The average Bonchev–Trinajstić information content (AvgIpc) is 2.97. The van der Waals surface area contributed by atoms with Crippen molar-refractivity contribution in [1.82, 2.24) is 15.1 Å². The van der Waals surface area contributed by atoms with E-state index in [4.69, 9.17) is 5.11 Å². The van der Waals surface area contributed by atoms with Crippen LogP contribution in [0, 0.1) is 0 Å². The van der Waals surface area contributed by atoms with Gasteiger partial charge >= 0.3 is 12.1 Å². The number of amides is 1. The number of nitrogens with one attached hydrogen (secondary N) is 1. The Bertz CT molecular complexity index is 752. The molecule has 1 amide bonds. The molecule has 128 valence electrons. The summed E-state index contributed by atoms with van der Waals surface area (Å²) in [5, 5.41) is 14.5. The summed E-state index contributed by atoms with van der Waals surface area (Å²) in [5.74, 6) is -1.99. The summed E-state index contributed by atoms with van der Waals surface area (Å²) in [6.45, 7) is 1.78. The van der Waals surface area contributed by atoms with Gasteiger partial charge in [-0.25, -0.2) is 4.79 Å². The first-order valence-electron chi connectivity index (χ1n) is 6.97. The smallest absolute Gasteiger partial charge is 0.435 e. The van der Waals surface area contributed by atoms with Crippen molar-refractivity contribution in [3.63, 3.8) is 0 Å². The number of hydrogen-bond acceptors (Lipinski definition) is 3. The third-order valence-corrected chi connectivity index (χ3v) is 3.25. The number of carbonyl (C=O) groups is 2. The minimum absolute atomic E-state index is 0.0344. The van der Waals surface area contributed by atoms with E-state index in [1.807, 2.05) is 0 Å². The molecule has 9 heteroatoms. The molecular weight excluding hydrogens is 327 g/mol. The number of carboxylic acid groups (broad SMARTS) is 1. The fourth-order valence-corrected chi connectivity index (χ4v) is 2.00. The van der Waals surface area contributed by atoms with Crippen LogP contribution in [0.25, 0.3) is 0 Å². The molecule has 0 bridgehead atoms. The highest BCUT2D eigenvalue weighted by atomic mass is 19.4. The Labute approximate surface area is 134 Å². The number of carboxylic acids is 1. The number of aromatic nitrogens is 2. The molecule has 2 N–H and O–H groups in total. The number of rotatable bonds is 5. The maximum absolute atomic E-state index is 12.9. The van der Waals surface area contributed by atoms with Gasteiger partial charge in [-0.2, -0.15) is 18.3 Å². The molecule has 6 nitrogen and oxygen atoms in total. The van der Waals surface area contributed by atoms with Crippen LogP contribution in [0.3, 0.4) is 0 Å². The maximum Gasteiger partial charge on any atom is 0.435 e. The van der Waals surface area contributed by atoms with E-state index in [0.29, 0.717) is 5.56 Å². The standard InChI is InChI=1S/C15H14F3N3O3/c1-2-21-8-11(12(20-21)15(16,17)18)13(22)19-7-9-3-5-10(6-4-9)14(23)24/h3-6,8H,2,7H2,1H3,(H,19,22)(H,23,24). The third kappa shape index (κ3) is 3.92. The van der Waals surface area contributed by atoms with Crippen molar-refractivity contribution in [3.05, 3.63) is 52.8 Å². The fraction of sp³-hybridized carbons (Fsp3) is 0.267. The Morgan fingerprint density at radius 3 is 2.38 bits per heavy atom. The van der Waals surface area contributed by atoms with E-state index in [-0.39, 0.29) is 18.7 Å². The number of carbonyl (C=O) groups excluding carboxylic acids is 1. The molecule has 0 saturated carbocycles. The highest BCUT2D eigenvalue weighted by Crippen LogP contribution is 2.30. The van der Waals surface area contributed by atoms with Crippen molar-refractivity contribution in [3.8, 4) is 0 Å². The Balaban J connectivity index is 2.12.